The van der Waals surface area contributed by atoms with Crippen molar-refractivity contribution in [3.63, 3.8) is 0 Å². The maximum absolute atomic E-state index is 10.8. The molecular formula is C14H16ClN5O2. The van der Waals surface area contributed by atoms with Gasteiger partial charge < -0.3 is 14.9 Å². The van der Waals surface area contributed by atoms with Crippen molar-refractivity contribution in [2.75, 3.05) is 32.1 Å². The number of carbonyl (C=O) groups is 1. The molecule has 0 aliphatic rings. The highest BCUT2D eigenvalue weighted by molar-refractivity contribution is 6.30. The van der Waals surface area contributed by atoms with Gasteiger partial charge in [0.25, 0.3) is 0 Å². The number of amides is 1. The number of rotatable bonds is 5. The van der Waals surface area contributed by atoms with E-state index in [2.05, 4.69) is 11.1 Å². The van der Waals surface area contributed by atoms with E-state index >= 15 is 0 Å². The number of carboxylic acid groups (broad SMARTS) is 1. The van der Waals surface area contributed by atoms with Crippen LogP contribution in [0, 0.1) is 22.7 Å². The van der Waals surface area contributed by atoms with Gasteiger partial charge in [-0.15, -0.1) is 0 Å². The molecule has 7 nitrogen and oxygen atoms in total. The molecule has 0 radical (unpaired) electrons. The second kappa shape index (κ2) is 7.48. The Balaban J connectivity index is 3.20. The Hall–Kier alpha value is -2.51. The highest BCUT2D eigenvalue weighted by Crippen LogP contribution is 2.28. The lowest BCUT2D eigenvalue weighted by Gasteiger charge is -2.23. The number of anilines is 1. The molecule has 0 unspecified atom stereocenters. The third kappa shape index (κ3) is 3.57. The summed E-state index contributed by atoms with van der Waals surface area (Å²) in [6, 6.07) is 4.04. The molecular weight excluding hydrogens is 306 g/mol. The zero-order chi connectivity index (χ0) is 16.9. The van der Waals surface area contributed by atoms with E-state index in [1.165, 1.54) is 7.05 Å². The summed E-state index contributed by atoms with van der Waals surface area (Å²) in [6.07, 6.45) is -0.557. The smallest absolute Gasteiger partial charge is 0.407 e. The van der Waals surface area contributed by atoms with Crippen molar-refractivity contribution in [3.05, 3.63) is 21.8 Å². The third-order valence-electron chi connectivity index (χ3n) is 3.27. The molecule has 1 aromatic heterocycles. The Labute approximate surface area is 133 Å². The highest BCUT2D eigenvalue weighted by Gasteiger charge is 2.20. The van der Waals surface area contributed by atoms with Crippen molar-refractivity contribution in [2.45, 2.75) is 13.3 Å². The number of nitriles is 2. The van der Waals surface area contributed by atoms with Gasteiger partial charge in [0.05, 0.1) is 11.1 Å². The van der Waals surface area contributed by atoms with Gasteiger partial charge >= 0.3 is 6.09 Å². The van der Waals surface area contributed by atoms with E-state index in [0.717, 1.165) is 4.90 Å². The molecule has 0 saturated carbocycles. The molecule has 0 bridgehead atoms. The van der Waals surface area contributed by atoms with Crippen LogP contribution in [-0.4, -0.2) is 48.3 Å². The van der Waals surface area contributed by atoms with Gasteiger partial charge in [0.2, 0.25) is 0 Å². The minimum absolute atomic E-state index is 0.0480. The van der Waals surface area contributed by atoms with Gasteiger partial charge in [-0.05, 0) is 12.0 Å². The van der Waals surface area contributed by atoms with E-state index in [0.29, 0.717) is 29.9 Å². The summed E-state index contributed by atoms with van der Waals surface area (Å²) in [5.74, 6) is 0.349. The van der Waals surface area contributed by atoms with Crippen molar-refractivity contribution < 1.29 is 9.90 Å². The van der Waals surface area contributed by atoms with Crippen molar-refractivity contribution in [3.8, 4) is 12.1 Å². The third-order valence-corrected chi connectivity index (χ3v) is 3.55. The molecule has 8 heteroatoms. The topological polar surface area (TPSA) is 104 Å². The molecule has 116 valence electrons. The zero-order valence-electron chi connectivity index (χ0n) is 12.6. The molecule has 1 aromatic rings. The van der Waals surface area contributed by atoms with Crippen LogP contribution in [0.5, 0.6) is 0 Å². The number of pyridine rings is 1. The lowest BCUT2D eigenvalue weighted by atomic mass is 10.0. The molecule has 0 aromatic carbocycles. The van der Waals surface area contributed by atoms with E-state index in [-0.39, 0.29) is 17.3 Å². The Morgan fingerprint density at radius 2 is 1.86 bits per heavy atom. The Morgan fingerprint density at radius 3 is 2.32 bits per heavy atom. The van der Waals surface area contributed by atoms with E-state index in [4.69, 9.17) is 22.0 Å². The molecule has 0 spiro atoms. The summed E-state index contributed by atoms with van der Waals surface area (Å²) in [7, 11) is 3.15. The first-order chi connectivity index (χ1) is 10.4. The van der Waals surface area contributed by atoms with E-state index < -0.39 is 6.09 Å². The summed E-state index contributed by atoms with van der Waals surface area (Å²) >= 11 is 6.03. The van der Waals surface area contributed by atoms with Crippen LogP contribution >= 0.6 is 11.6 Å². The molecule has 0 saturated heterocycles. The fourth-order valence-electron chi connectivity index (χ4n) is 1.95. The average Bonchev–Trinajstić information content (AvgIpc) is 2.50. The summed E-state index contributed by atoms with van der Waals surface area (Å²) < 4.78 is 0. The predicted molar refractivity (Wildman–Crippen MR) is 82.0 cm³/mol. The summed E-state index contributed by atoms with van der Waals surface area (Å²) in [5.41, 5.74) is 1.06. The van der Waals surface area contributed by atoms with Crippen LogP contribution in [0.15, 0.2) is 0 Å². The number of hydrogen-bond acceptors (Lipinski definition) is 5. The first kappa shape index (κ1) is 17.5. The normalized spacial score (nSPS) is 9.73. The fraction of sp³-hybridized carbons (Fsp3) is 0.429. The summed E-state index contributed by atoms with van der Waals surface area (Å²) in [4.78, 5) is 17.7. The van der Waals surface area contributed by atoms with Crippen molar-refractivity contribution in [1.29, 1.82) is 10.5 Å². The molecule has 0 aliphatic carbocycles. The van der Waals surface area contributed by atoms with E-state index in [9.17, 15) is 10.1 Å². The van der Waals surface area contributed by atoms with E-state index in [1.807, 2.05) is 13.0 Å². The van der Waals surface area contributed by atoms with Gasteiger partial charge in [-0.3, -0.25) is 0 Å². The molecule has 0 fully saturated rings. The van der Waals surface area contributed by atoms with Gasteiger partial charge in [0.15, 0.2) is 0 Å². The van der Waals surface area contributed by atoms with E-state index in [1.54, 1.807) is 11.9 Å². The quantitative estimate of drug-likeness (QED) is 0.833. The number of halogens is 1. The van der Waals surface area contributed by atoms with Gasteiger partial charge in [-0.2, -0.15) is 10.5 Å². The predicted octanol–water partition coefficient (Wildman–Crippen LogP) is 2.09. The minimum Gasteiger partial charge on any atom is -0.465 e. The second-order valence-corrected chi connectivity index (χ2v) is 5.02. The first-order valence-electron chi connectivity index (χ1n) is 6.55. The largest absolute Gasteiger partial charge is 0.465 e. The molecule has 1 rings (SSSR count). The average molecular weight is 322 g/mol. The van der Waals surface area contributed by atoms with Crippen molar-refractivity contribution >= 4 is 23.5 Å². The number of hydrogen-bond donors (Lipinski definition) is 1. The van der Waals surface area contributed by atoms with Gasteiger partial charge in [0.1, 0.15) is 23.1 Å². The second-order valence-electron chi connectivity index (χ2n) is 4.66. The summed E-state index contributed by atoms with van der Waals surface area (Å²) in [6.45, 7) is 2.42. The lowest BCUT2D eigenvalue weighted by molar-refractivity contribution is 0.157. The number of aromatic nitrogens is 1. The van der Waals surface area contributed by atoms with Crippen LogP contribution in [0.2, 0.25) is 5.15 Å². The zero-order valence-corrected chi connectivity index (χ0v) is 13.3. The maximum atomic E-state index is 10.8. The molecule has 1 amide bonds. The van der Waals surface area contributed by atoms with Crippen LogP contribution < -0.4 is 4.90 Å². The minimum atomic E-state index is -1.03. The molecule has 0 aliphatic heterocycles. The molecule has 1 heterocycles. The van der Waals surface area contributed by atoms with Crippen LogP contribution in [0.3, 0.4) is 0 Å². The highest BCUT2D eigenvalue weighted by atomic mass is 35.5. The Morgan fingerprint density at radius 1 is 1.27 bits per heavy atom. The van der Waals surface area contributed by atoms with Crippen LogP contribution in [0.1, 0.15) is 23.6 Å². The monoisotopic (exact) mass is 321 g/mol. The number of nitrogens with zero attached hydrogens (tertiary/aromatic N) is 5. The SMILES string of the molecule is CCc1c(C#N)c(Cl)nc(N(C)CCN(C)C(=O)O)c1C#N. The Bertz CT molecular complexity index is 663. The van der Waals surface area contributed by atoms with Crippen LogP contribution in [0.4, 0.5) is 10.6 Å². The fourth-order valence-corrected chi connectivity index (χ4v) is 2.19. The van der Waals surface area contributed by atoms with Gasteiger partial charge in [0, 0.05) is 27.2 Å². The number of likely N-dealkylation sites (N-methyl/N-ethyl adjacent to an activating group) is 2. The maximum Gasteiger partial charge on any atom is 0.407 e. The summed E-state index contributed by atoms with van der Waals surface area (Å²) in [5, 5.41) is 27.4. The van der Waals surface area contributed by atoms with Gasteiger partial charge in [-0.25, -0.2) is 9.78 Å². The molecule has 22 heavy (non-hydrogen) atoms. The van der Waals surface area contributed by atoms with Crippen molar-refractivity contribution in [2.24, 2.45) is 0 Å². The Kier molecular flexibility index (Phi) is 5.97. The first-order valence-corrected chi connectivity index (χ1v) is 6.92. The van der Waals surface area contributed by atoms with Crippen molar-refractivity contribution in [1.82, 2.24) is 9.88 Å². The molecule has 0 atom stereocenters. The van der Waals surface area contributed by atoms with Gasteiger partial charge in [-0.1, -0.05) is 18.5 Å². The van der Waals surface area contributed by atoms with Crippen LogP contribution in [-0.2, 0) is 6.42 Å². The lowest BCUT2D eigenvalue weighted by Crippen LogP contribution is -2.34. The molecule has 1 N–H and O–H groups in total. The van der Waals surface area contributed by atoms with Crippen LogP contribution in [0.25, 0.3) is 0 Å². The standard InChI is InChI=1S/C14H16ClN5O2/c1-4-9-10(7-16)12(15)18-13(11(9)8-17)19(2)5-6-20(3)14(21)22/h4-6H2,1-3H3,(H,21,22).